The number of aromatic nitrogens is 2. The average Bonchev–Trinajstić information content (AvgIpc) is 2.23. The SMILES string of the molecule is Nc1ncc(-c2cnccc2Cl)cc1Cl. The Morgan fingerprint density at radius 3 is 2.60 bits per heavy atom. The number of hydrogen-bond donors (Lipinski definition) is 1. The minimum atomic E-state index is 0.306. The van der Waals surface area contributed by atoms with Gasteiger partial charge in [-0.3, -0.25) is 4.98 Å². The molecule has 0 aliphatic heterocycles. The van der Waals surface area contributed by atoms with Gasteiger partial charge in [0.15, 0.2) is 0 Å². The summed E-state index contributed by atoms with van der Waals surface area (Å²) in [5.74, 6) is 0.306. The van der Waals surface area contributed by atoms with Crippen LogP contribution in [0.5, 0.6) is 0 Å². The van der Waals surface area contributed by atoms with E-state index in [1.165, 1.54) is 0 Å². The lowest BCUT2D eigenvalue weighted by Crippen LogP contribution is -1.91. The van der Waals surface area contributed by atoms with E-state index in [0.29, 0.717) is 15.9 Å². The summed E-state index contributed by atoms with van der Waals surface area (Å²) in [7, 11) is 0. The summed E-state index contributed by atoms with van der Waals surface area (Å²) >= 11 is 11.9. The summed E-state index contributed by atoms with van der Waals surface area (Å²) in [6.07, 6.45) is 4.90. The minimum Gasteiger partial charge on any atom is -0.382 e. The highest BCUT2D eigenvalue weighted by molar-refractivity contribution is 6.34. The summed E-state index contributed by atoms with van der Waals surface area (Å²) in [6, 6.07) is 3.42. The number of rotatable bonds is 1. The van der Waals surface area contributed by atoms with E-state index in [9.17, 15) is 0 Å². The van der Waals surface area contributed by atoms with Crippen molar-refractivity contribution >= 4 is 29.0 Å². The molecule has 0 atom stereocenters. The highest BCUT2D eigenvalue weighted by atomic mass is 35.5. The van der Waals surface area contributed by atoms with Gasteiger partial charge in [0.1, 0.15) is 5.82 Å². The number of pyridine rings is 2. The zero-order valence-electron chi connectivity index (χ0n) is 7.61. The second-order valence-electron chi connectivity index (χ2n) is 2.95. The van der Waals surface area contributed by atoms with Crippen LogP contribution in [0.15, 0.2) is 30.7 Å². The lowest BCUT2D eigenvalue weighted by molar-refractivity contribution is 1.30. The fraction of sp³-hybridized carbons (Fsp3) is 0. The van der Waals surface area contributed by atoms with Crippen LogP contribution in [0.2, 0.25) is 10.0 Å². The van der Waals surface area contributed by atoms with Crippen LogP contribution < -0.4 is 5.73 Å². The third-order valence-corrected chi connectivity index (χ3v) is 2.58. The quantitative estimate of drug-likeness (QED) is 0.833. The third-order valence-electron chi connectivity index (χ3n) is 1.95. The van der Waals surface area contributed by atoms with E-state index in [2.05, 4.69) is 9.97 Å². The largest absolute Gasteiger partial charge is 0.382 e. The van der Waals surface area contributed by atoms with Gasteiger partial charge in [0, 0.05) is 29.7 Å². The lowest BCUT2D eigenvalue weighted by Gasteiger charge is -2.04. The Balaban J connectivity index is 2.55. The Hall–Kier alpha value is -1.32. The predicted octanol–water partition coefficient (Wildman–Crippen LogP) is 3.03. The predicted molar refractivity (Wildman–Crippen MR) is 61.9 cm³/mol. The molecule has 0 radical (unpaired) electrons. The Kier molecular flexibility index (Phi) is 2.75. The van der Waals surface area contributed by atoms with Gasteiger partial charge in [-0.1, -0.05) is 23.2 Å². The summed E-state index contributed by atoms with van der Waals surface area (Å²) in [5.41, 5.74) is 7.10. The van der Waals surface area contributed by atoms with E-state index in [1.807, 2.05) is 0 Å². The molecule has 0 spiro atoms. The van der Waals surface area contributed by atoms with E-state index in [4.69, 9.17) is 28.9 Å². The smallest absolute Gasteiger partial charge is 0.142 e. The summed E-state index contributed by atoms with van der Waals surface area (Å²) in [5, 5.41) is 1.01. The fourth-order valence-corrected chi connectivity index (χ4v) is 1.57. The van der Waals surface area contributed by atoms with Crippen molar-refractivity contribution in [2.45, 2.75) is 0 Å². The van der Waals surface area contributed by atoms with Crippen molar-refractivity contribution in [3.63, 3.8) is 0 Å². The van der Waals surface area contributed by atoms with Gasteiger partial charge in [-0.05, 0) is 12.1 Å². The molecule has 0 bridgehead atoms. The van der Waals surface area contributed by atoms with Gasteiger partial charge < -0.3 is 5.73 Å². The van der Waals surface area contributed by atoms with E-state index < -0.39 is 0 Å². The van der Waals surface area contributed by atoms with Gasteiger partial charge in [-0.15, -0.1) is 0 Å². The van der Waals surface area contributed by atoms with Crippen molar-refractivity contribution in [1.82, 2.24) is 9.97 Å². The van der Waals surface area contributed by atoms with E-state index >= 15 is 0 Å². The molecule has 2 aromatic heterocycles. The maximum atomic E-state index is 6.01. The van der Waals surface area contributed by atoms with Crippen molar-refractivity contribution in [3.8, 4) is 11.1 Å². The number of nitrogen functional groups attached to an aromatic ring is 1. The van der Waals surface area contributed by atoms with E-state index in [-0.39, 0.29) is 0 Å². The third kappa shape index (κ3) is 2.03. The summed E-state index contributed by atoms with van der Waals surface area (Å²) < 4.78 is 0. The van der Waals surface area contributed by atoms with Gasteiger partial charge in [0.2, 0.25) is 0 Å². The number of anilines is 1. The normalized spacial score (nSPS) is 10.3. The van der Waals surface area contributed by atoms with Crippen molar-refractivity contribution in [2.75, 3.05) is 5.73 Å². The van der Waals surface area contributed by atoms with Gasteiger partial charge in [0.05, 0.1) is 10.0 Å². The number of hydrogen-bond acceptors (Lipinski definition) is 3. The van der Waals surface area contributed by atoms with Crippen LogP contribution in [0.3, 0.4) is 0 Å². The summed E-state index contributed by atoms with van der Waals surface area (Å²) in [4.78, 5) is 7.94. The van der Waals surface area contributed by atoms with Crippen LogP contribution in [0, 0.1) is 0 Å². The first-order valence-electron chi connectivity index (χ1n) is 4.19. The van der Waals surface area contributed by atoms with Crippen molar-refractivity contribution < 1.29 is 0 Å². The molecule has 2 heterocycles. The molecule has 3 nitrogen and oxygen atoms in total. The number of nitrogens with zero attached hydrogens (tertiary/aromatic N) is 2. The van der Waals surface area contributed by atoms with Gasteiger partial charge >= 0.3 is 0 Å². The zero-order chi connectivity index (χ0) is 10.8. The molecule has 0 aliphatic carbocycles. The molecule has 15 heavy (non-hydrogen) atoms. The Morgan fingerprint density at radius 1 is 1.13 bits per heavy atom. The first-order valence-corrected chi connectivity index (χ1v) is 4.95. The Morgan fingerprint density at radius 2 is 1.93 bits per heavy atom. The van der Waals surface area contributed by atoms with Crippen LogP contribution in [0.25, 0.3) is 11.1 Å². The fourth-order valence-electron chi connectivity index (χ4n) is 1.19. The van der Waals surface area contributed by atoms with E-state index in [1.54, 1.807) is 30.7 Å². The van der Waals surface area contributed by atoms with Crippen molar-refractivity contribution in [3.05, 3.63) is 40.8 Å². The molecule has 2 rings (SSSR count). The molecule has 0 saturated heterocycles. The first-order chi connectivity index (χ1) is 7.18. The van der Waals surface area contributed by atoms with Crippen LogP contribution in [-0.2, 0) is 0 Å². The van der Waals surface area contributed by atoms with Crippen LogP contribution in [0.4, 0.5) is 5.82 Å². The van der Waals surface area contributed by atoms with Gasteiger partial charge in [-0.2, -0.15) is 0 Å². The van der Waals surface area contributed by atoms with Crippen molar-refractivity contribution in [1.29, 1.82) is 0 Å². The molecule has 2 aromatic rings. The van der Waals surface area contributed by atoms with Gasteiger partial charge in [-0.25, -0.2) is 4.98 Å². The van der Waals surface area contributed by atoms with E-state index in [0.717, 1.165) is 11.1 Å². The minimum absolute atomic E-state index is 0.306. The maximum absolute atomic E-state index is 6.01. The zero-order valence-corrected chi connectivity index (χ0v) is 9.13. The highest BCUT2D eigenvalue weighted by Crippen LogP contribution is 2.29. The first kappa shape index (κ1) is 10.2. The van der Waals surface area contributed by atoms with Gasteiger partial charge in [0.25, 0.3) is 0 Å². The Labute approximate surface area is 96.9 Å². The van der Waals surface area contributed by atoms with Crippen LogP contribution >= 0.6 is 23.2 Å². The second-order valence-corrected chi connectivity index (χ2v) is 3.76. The standard InChI is InChI=1S/C10H7Cl2N3/c11-8-1-2-14-5-7(8)6-3-9(12)10(13)15-4-6/h1-5H,(H2,13,15). The molecular formula is C10H7Cl2N3. The molecule has 2 N–H and O–H groups in total. The van der Waals surface area contributed by atoms with Crippen LogP contribution in [0.1, 0.15) is 0 Å². The molecule has 0 amide bonds. The monoisotopic (exact) mass is 239 g/mol. The molecular weight excluding hydrogens is 233 g/mol. The number of nitrogens with two attached hydrogens (primary N) is 1. The topological polar surface area (TPSA) is 51.8 Å². The molecule has 0 aromatic carbocycles. The maximum Gasteiger partial charge on any atom is 0.142 e. The molecule has 0 unspecified atom stereocenters. The number of halogens is 2. The highest BCUT2D eigenvalue weighted by Gasteiger charge is 2.05. The van der Waals surface area contributed by atoms with Crippen LogP contribution in [-0.4, -0.2) is 9.97 Å². The second kappa shape index (κ2) is 4.04. The molecule has 5 heteroatoms. The molecule has 0 fully saturated rings. The molecule has 76 valence electrons. The summed E-state index contributed by atoms with van der Waals surface area (Å²) in [6.45, 7) is 0. The van der Waals surface area contributed by atoms with Crippen molar-refractivity contribution in [2.24, 2.45) is 0 Å². The molecule has 0 saturated carbocycles. The molecule has 0 aliphatic rings. The Bertz CT molecular complexity index is 500. The lowest BCUT2D eigenvalue weighted by atomic mass is 10.1. The average molecular weight is 240 g/mol.